The summed E-state index contributed by atoms with van der Waals surface area (Å²) < 4.78 is 13.1. The van der Waals surface area contributed by atoms with Crippen molar-refractivity contribution in [2.24, 2.45) is 5.92 Å². The Hall–Kier alpha value is -1.65. The maximum absolute atomic E-state index is 13.1. The van der Waals surface area contributed by atoms with E-state index in [2.05, 4.69) is 5.32 Å². The summed E-state index contributed by atoms with van der Waals surface area (Å²) in [4.78, 5) is 10.4. The van der Waals surface area contributed by atoms with E-state index >= 15 is 0 Å². The molecule has 5 heteroatoms. The second kappa shape index (κ2) is 5.33. The van der Waals surface area contributed by atoms with Crippen molar-refractivity contribution in [3.8, 4) is 0 Å². The maximum atomic E-state index is 13.1. The molecule has 0 bridgehead atoms. The topological polar surface area (TPSA) is 55.2 Å². The summed E-state index contributed by atoms with van der Waals surface area (Å²) >= 11 is 0. The zero-order valence-electron chi connectivity index (χ0n) is 10.4. The lowest BCUT2D eigenvalue weighted by Crippen LogP contribution is -2.23. The smallest absolute Gasteiger partial charge is 0.292 e. The number of halogens is 1. The van der Waals surface area contributed by atoms with Gasteiger partial charge >= 0.3 is 0 Å². The minimum Gasteiger partial charge on any atom is -0.377 e. The monoisotopic (exact) mass is 252 g/mol. The molecule has 1 aromatic carbocycles. The zero-order valence-corrected chi connectivity index (χ0v) is 10.4. The van der Waals surface area contributed by atoms with E-state index in [1.807, 2.05) is 6.92 Å². The Balaban J connectivity index is 2.06. The van der Waals surface area contributed by atoms with Gasteiger partial charge in [-0.05, 0) is 25.3 Å². The number of anilines is 1. The maximum Gasteiger partial charge on any atom is 0.292 e. The highest BCUT2D eigenvalue weighted by molar-refractivity contribution is 5.61. The Morgan fingerprint density at radius 3 is 2.83 bits per heavy atom. The van der Waals surface area contributed by atoms with Crippen LogP contribution in [0, 0.1) is 21.8 Å². The highest BCUT2D eigenvalue weighted by Crippen LogP contribution is 2.32. The van der Waals surface area contributed by atoms with E-state index in [0.29, 0.717) is 5.92 Å². The second-order valence-corrected chi connectivity index (χ2v) is 5.00. The molecule has 0 saturated heterocycles. The van der Waals surface area contributed by atoms with Crippen molar-refractivity contribution in [3.63, 3.8) is 0 Å². The molecule has 1 N–H and O–H groups in total. The van der Waals surface area contributed by atoms with Crippen molar-refractivity contribution >= 4 is 11.4 Å². The van der Waals surface area contributed by atoms with Gasteiger partial charge in [0.25, 0.3) is 5.69 Å². The van der Waals surface area contributed by atoms with E-state index < -0.39 is 10.7 Å². The summed E-state index contributed by atoms with van der Waals surface area (Å²) in [5.74, 6) is 0.249. The van der Waals surface area contributed by atoms with Gasteiger partial charge in [0.2, 0.25) is 0 Å². The molecule has 1 aliphatic rings. The van der Waals surface area contributed by atoms with Crippen molar-refractivity contribution < 1.29 is 9.31 Å². The van der Waals surface area contributed by atoms with Crippen LogP contribution in [0.2, 0.25) is 0 Å². The van der Waals surface area contributed by atoms with Crippen molar-refractivity contribution in [1.29, 1.82) is 0 Å². The van der Waals surface area contributed by atoms with E-state index in [9.17, 15) is 14.5 Å². The van der Waals surface area contributed by atoms with Crippen LogP contribution in [-0.2, 0) is 0 Å². The SMILES string of the molecule is CC(CC1CCC1)Nc1cc(F)ccc1[N+](=O)[O-]. The molecular formula is C13H17FN2O2. The molecule has 0 aromatic heterocycles. The fraction of sp³-hybridized carbons (Fsp3) is 0.538. The Morgan fingerprint density at radius 1 is 1.56 bits per heavy atom. The first-order valence-electron chi connectivity index (χ1n) is 6.26. The lowest BCUT2D eigenvalue weighted by Gasteiger charge is -2.28. The third-order valence-electron chi connectivity index (χ3n) is 3.47. The predicted octanol–water partition coefficient (Wildman–Crippen LogP) is 3.72. The molecular weight excluding hydrogens is 235 g/mol. The molecule has 0 amide bonds. The zero-order chi connectivity index (χ0) is 13.1. The molecule has 98 valence electrons. The Labute approximate surface area is 105 Å². The van der Waals surface area contributed by atoms with Crippen LogP contribution in [0.3, 0.4) is 0 Å². The Bertz CT molecular complexity index is 447. The highest BCUT2D eigenvalue weighted by atomic mass is 19.1. The third kappa shape index (κ3) is 2.97. The van der Waals surface area contributed by atoms with Crippen LogP contribution in [0.15, 0.2) is 18.2 Å². The minimum absolute atomic E-state index is 0.0724. The number of benzene rings is 1. The van der Waals surface area contributed by atoms with E-state index in [-0.39, 0.29) is 17.4 Å². The molecule has 1 saturated carbocycles. The molecule has 0 spiro atoms. The first-order valence-corrected chi connectivity index (χ1v) is 6.26. The van der Waals surface area contributed by atoms with Gasteiger partial charge in [0, 0.05) is 18.2 Å². The van der Waals surface area contributed by atoms with E-state index in [0.717, 1.165) is 12.5 Å². The Morgan fingerprint density at radius 2 is 2.28 bits per heavy atom. The highest BCUT2D eigenvalue weighted by Gasteiger charge is 2.22. The molecule has 0 aliphatic heterocycles. The average molecular weight is 252 g/mol. The van der Waals surface area contributed by atoms with Crippen LogP contribution in [0.5, 0.6) is 0 Å². The summed E-state index contributed by atoms with van der Waals surface area (Å²) in [7, 11) is 0. The van der Waals surface area contributed by atoms with Crippen LogP contribution in [0.1, 0.15) is 32.6 Å². The first kappa shape index (κ1) is 12.8. The van der Waals surface area contributed by atoms with Gasteiger partial charge in [-0.1, -0.05) is 19.3 Å². The van der Waals surface area contributed by atoms with Crippen LogP contribution < -0.4 is 5.32 Å². The molecule has 0 heterocycles. The van der Waals surface area contributed by atoms with Crippen molar-refractivity contribution in [2.45, 2.75) is 38.6 Å². The molecule has 0 radical (unpaired) electrons. The van der Waals surface area contributed by atoms with Gasteiger partial charge in [0.1, 0.15) is 11.5 Å². The molecule has 1 unspecified atom stereocenters. The second-order valence-electron chi connectivity index (χ2n) is 5.00. The third-order valence-corrected chi connectivity index (χ3v) is 3.47. The van der Waals surface area contributed by atoms with Gasteiger partial charge in [0.15, 0.2) is 0 Å². The molecule has 2 rings (SSSR count). The number of hydrogen-bond acceptors (Lipinski definition) is 3. The van der Waals surface area contributed by atoms with Crippen LogP contribution in [-0.4, -0.2) is 11.0 Å². The van der Waals surface area contributed by atoms with Gasteiger partial charge in [-0.3, -0.25) is 10.1 Å². The van der Waals surface area contributed by atoms with Crippen molar-refractivity contribution in [3.05, 3.63) is 34.1 Å². The minimum atomic E-state index is -0.488. The lowest BCUT2D eigenvalue weighted by atomic mass is 9.81. The largest absolute Gasteiger partial charge is 0.377 e. The number of nitro benzene ring substituents is 1. The molecule has 1 aliphatic carbocycles. The Kier molecular flexibility index (Phi) is 3.79. The molecule has 18 heavy (non-hydrogen) atoms. The summed E-state index contributed by atoms with van der Waals surface area (Å²) in [5.41, 5.74) is 0.198. The van der Waals surface area contributed by atoms with Gasteiger partial charge in [-0.15, -0.1) is 0 Å². The molecule has 1 fully saturated rings. The van der Waals surface area contributed by atoms with Gasteiger partial charge in [0.05, 0.1) is 4.92 Å². The van der Waals surface area contributed by atoms with E-state index in [1.54, 1.807) is 0 Å². The molecule has 4 nitrogen and oxygen atoms in total. The standard InChI is InChI=1S/C13H17FN2O2/c1-9(7-10-3-2-4-10)15-12-8-11(14)5-6-13(12)16(17)18/h5-6,8-10,15H,2-4,7H2,1H3. The number of hydrogen-bond donors (Lipinski definition) is 1. The quantitative estimate of drug-likeness (QED) is 0.641. The summed E-state index contributed by atoms with van der Waals surface area (Å²) in [6.07, 6.45) is 4.72. The molecule has 1 aromatic rings. The van der Waals surface area contributed by atoms with E-state index in [1.165, 1.54) is 31.4 Å². The first-order chi connectivity index (χ1) is 8.56. The van der Waals surface area contributed by atoms with E-state index in [4.69, 9.17) is 0 Å². The lowest BCUT2D eigenvalue weighted by molar-refractivity contribution is -0.384. The normalized spacial score (nSPS) is 17.0. The van der Waals surface area contributed by atoms with Crippen LogP contribution in [0.25, 0.3) is 0 Å². The number of nitro groups is 1. The summed E-state index contributed by atoms with van der Waals surface area (Å²) in [5, 5.41) is 13.9. The van der Waals surface area contributed by atoms with Gasteiger partial charge < -0.3 is 5.32 Å². The number of nitrogens with one attached hydrogen (secondary N) is 1. The molecule has 1 atom stereocenters. The van der Waals surface area contributed by atoms with Crippen LogP contribution >= 0.6 is 0 Å². The summed E-state index contributed by atoms with van der Waals surface area (Å²) in [6.45, 7) is 1.98. The van der Waals surface area contributed by atoms with Crippen molar-refractivity contribution in [2.75, 3.05) is 5.32 Å². The predicted molar refractivity (Wildman–Crippen MR) is 68.1 cm³/mol. The van der Waals surface area contributed by atoms with Crippen LogP contribution in [0.4, 0.5) is 15.8 Å². The van der Waals surface area contributed by atoms with Gasteiger partial charge in [-0.25, -0.2) is 4.39 Å². The summed E-state index contributed by atoms with van der Waals surface area (Å²) in [6, 6.07) is 3.62. The fourth-order valence-electron chi connectivity index (χ4n) is 2.34. The van der Waals surface area contributed by atoms with Crippen molar-refractivity contribution in [1.82, 2.24) is 0 Å². The number of nitrogens with zero attached hydrogens (tertiary/aromatic N) is 1. The number of rotatable bonds is 5. The van der Waals surface area contributed by atoms with Gasteiger partial charge in [-0.2, -0.15) is 0 Å². The fourth-order valence-corrected chi connectivity index (χ4v) is 2.34. The average Bonchev–Trinajstić information content (AvgIpc) is 2.23.